The Morgan fingerprint density at radius 1 is 1.25 bits per heavy atom. The zero-order chi connectivity index (χ0) is 18.1. The molecule has 1 rings (SSSR count). The number of guanidine groups is 1. The largest absolute Gasteiger partial charge is 0.357 e. The molecule has 1 heterocycles. The lowest BCUT2D eigenvalue weighted by Gasteiger charge is -2.29. The Hall–Kier alpha value is -1.83. The molecular weight excluding hydrogens is 308 g/mol. The van der Waals surface area contributed by atoms with Gasteiger partial charge in [0.1, 0.15) is 0 Å². The summed E-state index contributed by atoms with van der Waals surface area (Å²) >= 11 is 0. The van der Waals surface area contributed by atoms with Crippen molar-refractivity contribution in [3.05, 3.63) is 0 Å². The summed E-state index contributed by atoms with van der Waals surface area (Å²) in [6, 6.07) is 0.638. The van der Waals surface area contributed by atoms with Crippen LogP contribution >= 0.6 is 0 Å². The summed E-state index contributed by atoms with van der Waals surface area (Å²) in [6.45, 7) is 14.0. The molecule has 1 fully saturated rings. The van der Waals surface area contributed by atoms with Crippen LogP contribution in [-0.2, 0) is 4.79 Å². The van der Waals surface area contributed by atoms with Gasteiger partial charge in [-0.2, -0.15) is 0 Å². The molecule has 0 spiro atoms. The number of carbonyl (C=O) groups is 2. The fraction of sp³-hybridized carbons (Fsp3) is 0.812. The average Bonchev–Trinajstić information content (AvgIpc) is 2.82. The first-order chi connectivity index (χ1) is 11.4. The highest BCUT2D eigenvalue weighted by Gasteiger charge is 2.27. The van der Waals surface area contributed by atoms with Crippen LogP contribution in [0.5, 0.6) is 0 Å². The van der Waals surface area contributed by atoms with Crippen LogP contribution in [0.1, 0.15) is 34.6 Å². The van der Waals surface area contributed by atoms with E-state index in [4.69, 9.17) is 0 Å². The Kier molecular flexibility index (Phi) is 8.53. The van der Waals surface area contributed by atoms with Crippen molar-refractivity contribution in [2.75, 3.05) is 39.3 Å². The number of urea groups is 1. The minimum absolute atomic E-state index is 0.0905. The van der Waals surface area contributed by atoms with Crippen molar-refractivity contribution in [2.24, 2.45) is 4.99 Å². The van der Waals surface area contributed by atoms with E-state index in [0.717, 1.165) is 13.1 Å². The van der Waals surface area contributed by atoms with Crippen LogP contribution in [0.3, 0.4) is 0 Å². The number of hydrogen-bond acceptors (Lipinski definition) is 4. The highest BCUT2D eigenvalue weighted by molar-refractivity contribution is 6.01. The number of imide groups is 1. The minimum atomic E-state index is -0.326. The minimum Gasteiger partial charge on any atom is -0.357 e. The molecule has 0 radical (unpaired) electrons. The lowest BCUT2D eigenvalue weighted by atomic mass is 10.2. The molecule has 1 aliphatic rings. The topological polar surface area (TPSA) is 89.1 Å². The first-order valence-corrected chi connectivity index (χ1v) is 8.72. The van der Waals surface area contributed by atoms with E-state index in [0.29, 0.717) is 37.7 Å². The Balaban J connectivity index is 2.44. The molecule has 0 saturated carbocycles. The predicted octanol–water partition coefficient (Wildman–Crippen LogP) is 0.212. The van der Waals surface area contributed by atoms with Gasteiger partial charge in [0, 0.05) is 38.3 Å². The van der Waals surface area contributed by atoms with E-state index in [1.165, 1.54) is 4.90 Å². The Morgan fingerprint density at radius 3 is 2.42 bits per heavy atom. The summed E-state index contributed by atoms with van der Waals surface area (Å²) in [6.07, 6.45) is 0. The summed E-state index contributed by atoms with van der Waals surface area (Å²) in [5.41, 5.74) is 0. The number of rotatable bonds is 9. The summed E-state index contributed by atoms with van der Waals surface area (Å²) in [4.78, 5) is 31.2. The smallest absolute Gasteiger partial charge is 0.324 e. The van der Waals surface area contributed by atoms with Gasteiger partial charge in [0.15, 0.2) is 5.96 Å². The van der Waals surface area contributed by atoms with Crippen LogP contribution in [-0.4, -0.2) is 79.0 Å². The standard InChI is InChI=1S/C16H32N6O2/c1-6-17-15(18-7-9-21(12(2)3)13(4)5)19-8-10-22-14(23)11-20-16(22)24/h12-13H,6-11H2,1-5H3,(H,20,24)(H2,17,18,19). The van der Waals surface area contributed by atoms with Gasteiger partial charge in [-0.15, -0.1) is 0 Å². The maximum Gasteiger partial charge on any atom is 0.324 e. The highest BCUT2D eigenvalue weighted by atomic mass is 16.2. The fourth-order valence-electron chi connectivity index (χ4n) is 2.70. The fourth-order valence-corrected chi connectivity index (χ4v) is 2.70. The SMILES string of the molecule is CCNC(=NCCN(C(C)C)C(C)C)NCCN1C(=O)CNC1=O. The number of nitrogens with one attached hydrogen (secondary N) is 3. The van der Waals surface area contributed by atoms with Gasteiger partial charge in [0.25, 0.3) is 0 Å². The van der Waals surface area contributed by atoms with Crippen molar-refractivity contribution < 1.29 is 9.59 Å². The molecule has 0 unspecified atom stereocenters. The molecule has 0 atom stereocenters. The number of hydrogen-bond donors (Lipinski definition) is 3. The average molecular weight is 340 g/mol. The quantitative estimate of drug-likeness (QED) is 0.317. The number of nitrogens with zero attached hydrogens (tertiary/aromatic N) is 3. The zero-order valence-electron chi connectivity index (χ0n) is 15.6. The molecule has 0 aromatic rings. The normalized spacial score (nSPS) is 15.7. The molecule has 0 aliphatic carbocycles. The molecule has 3 N–H and O–H groups in total. The molecule has 3 amide bonds. The van der Waals surface area contributed by atoms with E-state index in [1.807, 2.05) is 6.92 Å². The van der Waals surface area contributed by atoms with Crippen molar-refractivity contribution in [3.8, 4) is 0 Å². The maximum atomic E-state index is 11.5. The monoisotopic (exact) mass is 340 g/mol. The van der Waals surface area contributed by atoms with E-state index < -0.39 is 0 Å². The molecule has 8 nitrogen and oxygen atoms in total. The molecule has 24 heavy (non-hydrogen) atoms. The number of aliphatic imine (C=N–C) groups is 1. The second-order valence-corrected chi connectivity index (χ2v) is 6.32. The van der Waals surface area contributed by atoms with Crippen LogP contribution in [0.2, 0.25) is 0 Å². The molecular formula is C16H32N6O2. The van der Waals surface area contributed by atoms with Crippen molar-refractivity contribution in [3.63, 3.8) is 0 Å². The summed E-state index contributed by atoms with van der Waals surface area (Å²) in [5, 5.41) is 8.86. The van der Waals surface area contributed by atoms with Crippen molar-refractivity contribution in [1.29, 1.82) is 0 Å². The lowest BCUT2D eigenvalue weighted by Crippen LogP contribution is -2.44. The molecule has 0 aromatic carbocycles. The second kappa shape index (κ2) is 10.1. The molecule has 138 valence electrons. The first-order valence-electron chi connectivity index (χ1n) is 8.72. The van der Waals surface area contributed by atoms with Crippen molar-refractivity contribution in [1.82, 2.24) is 25.8 Å². The van der Waals surface area contributed by atoms with Crippen LogP contribution in [0, 0.1) is 0 Å². The van der Waals surface area contributed by atoms with Gasteiger partial charge < -0.3 is 16.0 Å². The molecule has 1 saturated heterocycles. The van der Waals surface area contributed by atoms with E-state index in [1.54, 1.807) is 0 Å². The summed E-state index contributed by atoms with van der Waals surface area (Å²) < 4.78 is 0. The van der Waals surface area contributed by atoms with Gasteiger partial charge in [0.05, 0.1) is 13.1 Å². The Morgan fingerprint density at radius 2 is 1.92 bits per heavy atom. The van der Waals surface area contributed by atoms with Gasteiger partial charge >= 0.3 is 6.03 Å². The lowest BCUT2D eigenvalue weighted by molar-refractivity contribution is -0.124. The predicted molar refractivity (Wildman–Crippen MR) is 96.1 cm³/mol. The first kappa shape index (κ1) is 20.2. The Bertz CT molecular complexity index is 426. The summed E-state index contributed by atoms with van der Waals surface area (Å²) in [7, 11) is 0. The van der Waals surface area contributed by atoms with E-state index in [-0.39, 0.29) is 18.5 Å². The van der Waals surface area contributed by atoms with E-state index in [9.17, 15) is 9.59 Å². The Labute approximate surface area is 145 Å². The van der Waals surface area contributed by atoms with Gasteiger partial charge in [-0.05, 0) is 34.6 Å². The van der Waals surface area contributed by atoms with Crippen LogP contribution < -0.4 is 16.0 Å². The van der Waals surface area contributed by atoms with Crippen LogP contribution in [0.4, 0.5) is 4.79 Å². The number of amides is 3. The van der Waals surface area contributed by atoms with Crippen molar-refractivity contribution >= 4 is 17.9 Å². The molecule has 8 heteroatoms. The van der Waals surface area contributed by atoms with Gasteiger partial charge in [-0.25, -0.2) is 4.79 Å². The number of carbonyl (C=O) groups excluding carboxylic acids is 2. The molecule has 0 aromatic heterocycles. The highest BCUT2D eigenvalue weighted by Crippen LogP contribution is 2.03. The van der Waals surface area contributed by atoms with E-state index in [2.05, 4.69) is 53.5 Å². The maximum absolute atomic E-state index is 11.5. The third-order valence-electron chi connectivity index (χ3n) is 3.86. The van der Waals surface area contributed by atoms with Crippen LogP contribution in [0.25, 0.3) is 0 Å². The summed E-state index contributed by atoms with van der Waals surface area (Å²) in [5.74, 6) is 0.519. The third-order valence-corrected chi connectivity index (χ3v) is 3.86. The van der Waals surface area contributed by atoms with Gasteiger partial charge in [-0.3, -0.25) is 19.6 Å². The van der Waals surface area contributed by atoms with Crippen molar-refractivity contribution in [2.45, 2.75) is 46.7 Å². The second-order valence-electron chi connectivity index (χ2n) is 6.32. The van der Waals surface area contributed by atoms with Crippen LogP contribution in [0.15, 0.2) is 4.99 Å². The zero-order valence-corrected chi connectivity index (χ0v) is 15.6. The molecule has 1 aliphatic heterocycles. The molecule has 0 bridgehead atoms. The third kappa shape index (κ3) is 6.35. The van der Waals surface area contributed by atoms with Gasteiger partial charge in [-0.1, -0.05) is 0 Å². The van der Waals surface area contributed by atoms with Gasteiger partial charge in [0.2, 0.25) is 5.91 Å². The van der Waals surface area contributed by atoms with E-state index >= 15 is 0 Å².